The summed E-state index contributed by atoms with van der Waals surface area (Å²) >= 11 is 6.06. The van der Waals surface area contributed by atoms with Crippen LogP contribution in [0.15, 0.2) is 59.6 Å². The Morgan fingerprint density at radius 2 is 1.95 bits per heavy atom. The summed E-state index contributed by atoms with van der Waals surface area (Å²) < 4.78 is 0. The Morgan fingerprint density at radius 3 is 2.75 bits per heavy atom. The number of aliphatic imine (C=N–C) groups is 1. The van der Waals surface area contributed by atoms with Crippen LogP contribution in [-0.4, -0.2) is 19.0 Å². The smallest absolute Gasteiger partial charge is 0.198 e. The van der Waals surface area contributed by atoms with E-state index in [9.17, 15) is 0 Å². The number of guanidine groups is 1. The molecule has 1 aliphatic rings. The minimum atomic E-state index is 0.747. The predicted molar refractivity (Wildman–Crippen MR) is 84.4 cm³/mol. The molecule has 0 spiro atoms. The third-order valence-corrected chi connectivity index (χ3v) is 3.49. The van der Waals surface area contributed by atoms with Crippen molar-refractivity contribution in [3.05, 3.63) is 65.2 Å². The van der Waals surface area contributed by atoms with Crippen LogP contribution in [0.5, 0.6) is 0 Å². The second kappa shape index (κ2) is 5.97. The first-order chi connectivity index (χ1) is 9.83. The molecule has 2 aromatic carbocycles. The largest absolute Gasteiger partial charge is 0.352 e. The van der Waals surface area contributed by atoms with Crippen LogP contribution >= 0.6 is 11.6 Å². The molecule has 0 aromatic heterocycles. The fourth-order valence-electron chi connectivity index (χ4n) is 2.27. The van der Waals surface area contributed by atoms with Crippen LogP contribution < -0.4 is 10.2 Å². The lowest BCUT2D eigenvalue weighted by Crippen LogP contribution is -2.38. The summed E-state index contributed by atoms with van der Waals surface area (Å²) in [6, 6.07) is 18.2. The lowest BCUT2D eigenvalue weighted by atomic mass is 10.2. The Kier molecular flexibility index (Phi) is 3.88. The molecule has 1 N–H and O–H groups in total. The Bertz CT molecular complexity index is 610. The van der Waals surface area contributed by atoms with Crippen LogP contribution in [0, 0.1) is 0 Å². The van der Waals surface area contributed by atoms with E-state index in [0.717, 1.165) is 36.3 Å². The predicted octanol–water partition coefficient (Wildman–Crippen LogP) is 3.31. The van der Waals surface area contributed by atoms with Gasteiger partial charge in [0, 0.05) is 23.8 Å². The molecule has 0 fully saturated rings. The summed E-state index contributed by atoms with van der Waals surface area (Å²) in [7, 11) is 0. The molecule has 0 unspecified atom stereocenters. The summed E-state index contributed by atoms with van der Waals surface area (Å²) in [6.07, 6.45) is 0. The average molecular weight is 286 g/mol. The minimum absolute atomic E-state index is 0.747. The van der Waals surface area contributed by atoms with Crippen LogP contribution in [0.25, 0.3) is 0 Å². The Morgan fingerprint density at radius 1 is 1.10 bits per heavy atom. The van der Waals surface area contributed by atoms with Crippen molar-refractivity contribution in [1.82, 2.24) is 5.32 Å². The fraction of sp³-hybridized carbons (Fsp3) is 0.188. The molecule has 0 amide bonds. The first-order valence-corrected chi connectivity index (χ1v) is 7.06. The zero-order valence-electron chi connectivity index (χ0n) is 11.1. The second-order valence-corrected chi connectivity index (χ2v) is 5.11. The molecule has 1 aliphatic heterocycles. The highest BCUT2D eigenvalue weighted by molar-refractivity contribution is 6.30. The van der Waals surface area contributed by atoms with E-state index in [2.05, 4.69) is 33.4 Å². The maximum absolute atomic E-state index is 6.06. The van der Waals surface area contributed by atoms with E-state index in [1.54, 1.807) is 0 Å². The summed E-state index contributed by atoms with van der Waals surface area (Å²) in [5, 5.41) is 4.15. The first kappa shape index (κ1) is 13.0. The number of rotatable bonds is 3. The summed E-state index contributed by atoms with van der Waals surface area (Å²) in [5.74, 6) is 0.913. The molecule has 0 saturated heterocycles. The van der Waals surface area contributed by atoms with Gasteiger partial charge in [0.15, 0.2) is 5.96 Å². The zero-order chi connectivity index (χ0) is 13.8. The van der Waals surface area contributed by atoms with Crippen molar-refractivity contribution in [3.8, 4) is 0 Å². The van der Waals surface area contributed by atoms with Crippen LogP contribution in [-0.2, 0) is 6.54 Å². The van der Waals surface area contributed by atoms with E-state index in [-0.39, 0.29) is 0 Å². The van der Waals surface area contributed by atoms with Crippen molar-refractivity contribution in [2.45, 2.75) is 6.54 Å². The van der Waals surface area contributed by atoms with Gasteiger partial charge in [-0.1, -0.05) is 48.0 Å². The van der Waals surface area contributed by atoms with E-state index < -0.39 is 0 Å². The van der Waals surface area contributed by atoms with E-state index in [0.29, 0.717) is 0 Å². The van der Waals surface area contributed by atoms with Crippen molar-refractivity contribution in [2.75, 3.05) is 18.0 Å². The Balaban J connectivity index is 1.70. The lowest BCUT2D eigenvalue weighted by Gasteiger charge is -2.21. The molecule has 0 bridgehead atoms. The zero-order valence-corrected chi connectivity index (χ0v) is 11.8. The third-order valence-electron chi connectivity index (χ3n) is 3.25. The van der Waals surface area contributed by atoms with Gasteiger partial charge in [-0.2, -0.15) is 0 Å². The monoisotopic (exact) mass is 285 g/mol. The van der Waals surface area contributed by atoms with E-state index in [4.69, 9.17) is 11.6 Å². The van der Waals surface area contributed by atoms with Crippen LogP contribution in [0.3, 0.4) is 0 Å². The molecule has 102 valence electrons. The number of benzene rings is 2. The Labute approximate surface area is 123 Å². The van der Waals surface area contributed by atoms with Gasteiger partial charge in [-0.15, -0.1) is 0 Å². The highest BCUT2D eigenvalue weighted by atomic mass is 35.5. The summed E-state index contributed by atoms with van der Waals surface area (Å²) in [5.41, 5.74) is 2.32. The normalized spacial score (nSPS) is 14.2. The number of hydrogen-bond acceptors (Lipinski definition) is 3. The lowest BCUT2D eigenvalue weighted by molar-refractivity contribution is 0.895. The number of nitrogens with zero attached hydrogens (tertiary/aromatic N) is 2. The molecule has 4 heteroatoms. The first-order valence-electron chi connectivity index (χ1n) is 6.68. The van der Waals surface area contributed by atoms with Gasteiger partial charge in [0.1, 0.15) is 0 Å². The summed E-state index contributed by atoms with van der Waals surface area (Å²) in [4.78, 5) is 6.69. The van der Waals surface area contributed by atoms with E-state index >= 15 is 0 Å². The summed E-state index contributed by atoms with van der Waals surface area (Å²) in [6.45, 7) is 2.47. The molecule has 1 heterocycles. The van der Waals surface area contributed by atoms with Gasteiger partial charge in [0.05, 0.1) is 6.54 Å². The van der Waals surface area contributed by atoms with Gasteiger partial charge in [-0.3, -0.25) is 4.99 Å². The molecule has 3 nitrogen and oxygen atoms in total. The minimum Gasteiger partial charge on any atom is -0.352 e. The molecule has 2 aromatic rings. The van der Waals surface area contributed by atoms with Gasteiger partial charge in [-0.25, -0.2) is 0 Å². The number of hydrogen-bond donors (Lipinski definition) is 1. The highest BCUT2D eigenvalue weighted by Gasteiger charge is 2.18. The van der Waals surface area contributed by atoms with Crippen molar-refractivity contribution in [3.63, 3.8) is 0 Å². The van der Waals surface area contributed by atoms with Crippen molar-refractivity contribution in [2.24, 2.45) is 4.99 Å². The maximum atomic E-state index is 6.06. The van der Waals surface area contributed by atoms with Gasteiger partial charge in [0.25, 0.3) is 0 Å². The molecular formula is C16H16ClN3. The molecular weight excluding hydrogens is 270 g/mol. The molecule has 0 atom stereocenters. The Hall–Kier alpha value is -2.00. The molecule has 0 radical (unpaired) electrons. The SMILES string of the molecule is Clc1cccc(N2CCN=C2NCc2ccccc2)c1. The second-order valence-electron chi connectivity index (χ2n) is 4.68. The molecule has 0 saturated carbocycles. The van der Waals surface area contributed by atoms with Crippen molar-refractivity contribution >= 4 is 23.2 Å². The number of halogens is 1. The van der Waals surface area contributed by atoms with Crippen molar-refractivity contribution in [1.29, 1.82) is 0 Å². The van der Waals surface area contributed by atoms with Gasteiger partial charge in [0.2, 0.25) is 0 Å². The van der Waals surface area contributed by atoms with Gasteiger partial charge >= 0.3 is 0 Å². The van der Waals surface area contributed by atoms with Crippen molar-refractivity contribution < 1.29 is 0 Å². The van der Waals surface area contributed by atoms with E-state index in [1.807, 2.05) is 36.4 Å². The van der Waals surface area contributed by atoms with Gasteiger partial charge in [-0.05, 0) is 23.8 Å². The maximum Gasteiger partial charge on any atom is 0.198 e. The average Bonchev–Trinajstić information content (AvgIpc) is 2.95. The fourth-order valence-corrected chi connectivity index (χ4v) is 2.46. The highest BCUT2D eigenvalue weighted by Crippen LogP contribution is 2.21. The molecule has 0 aliphatic carbocycles. The van der Waals surface area contributed by atoms with E-state index in [1.165, 1.54) is 5.56 Å². The molecule has 3 rings (SSSR count). The quantitative estimate of drug-likeness (QED) is 0.937. The molecule has 20 heavy (non-hydrogen) atoms. The van der Waals surface area contributed by atoms with Crippen LogP contribution in [0.1, 0.15) is 5.56 Å². The van der Waals surface area contributed by atoms with Crippen LogP contribution in [0.4, 0.5) is 5.69 Å². The topological polar surface area (TPSA) is 27.6 Å². The number of nitrogens with one attached hydrogen (secondary N) is 1. The van der Waals surface area contributed by atoms with Gasteiger partial charge < -0.3 is 10.2 Å². The standard InChI is InChI=1S/C16H16ClN3/c17-14-7-4-8-15(11-14)20-10-9-18-16(20)19-12-13-5-2-1-3-6-13/h1-8,11H,9-10,12H2,(H,18,19). The number of anilines is 1. The van der Waals surface area contributed by atoms with Crippen LogP contribution in [0.2, 0.25) is 5.02 Å². The third kappa shape index (κ3) is 2.94.